The van der Waals surface area contributed by atoms with Gasteiger partial charge in [-0.2, -0.15) is 0 Å². The van der Waals surface area contributed by atoms with E-state index in [0.29, 0.717) is 31.4 Å². The van der Waals surface area contributed by atoms with Gasteiger partial charge in [-0.25, -0.2) is 4.98 Å². The number of carbonyl (C=O) groups is 1. The third-order valence-corrected chi connectivity index (χ3v) is 3.18. The topological polar surface area (TPSA) is 72.5 Å². The molecule has 0 spiro atoms. The summed E-state index contributed by atoms with van der Waals surface area (Å²) in [4.78, 5) is 16.3. The molecule has 1 aliphatic heterocycles. The van der Waals surface area contributed by atoms with Crippen LogP contribution in [0.4, 0.5) is 5.69 Å². The van der Waals surface area contributed by atoms with E-state index in [2.05, 4.69) is 15.6 Å². The van der Waals surface area contributed by atoms with Crippen LogP contribution in [-0.4, -0.2) is 43.3 Å². The van der Waals surface area contributed by atoms with Crippen molar-refractivity contribution in [3.63, 3.8) is 0 Å². The smallest absolute Gasteiger partial charge is 0.231 e. The molecular formula is C14H21N3O3. The molecule has 0 aliphatic carbocycles. The van der Waals surface area contributed by atoms with Crippen LogP contribution >= 0.6 is 0 Å². The van der Waals surface area contributed by atoms with Crippen LogP contribution in [0.1, 0.15) is 13.8 Å². The molecule has 0 saturated carbocycles. The van der Waals surface area contributed by atoms with Crippen LogP contribution in [0, 0.1) is 5.92 Å². The SMILES string of the molecule is CCNC1COCC1C(=O)Nc1ccc(OCC)nc1. The number of anilines is 1. The molecule has 1 saturated heterocycles. The van der Waals surface area contributed by atoms with Crippen LogP contribution in [0.2, 0.25) is 0 Å². The third-order valence-electron chi connectivity index (χ3n) is 3.18. The minimum absolute atomic E-state index is 0.0422. The summed E-state index contributed by atoms with van der Waals surface area (Å²) in [7, 11) is 0. The molecule has 0 aromatic carbocycles. The third kappa shape index (κ3) is 3.68. The van der Waals surface area contributed by atoms with E-state index in [9.17, 15) is 4.79 Å². The van der Waals surface area contributed by atoms with Gasteiger partial charge in [-0.15, -0.1) is 0 Å². The molecule has 0 bridgehead atoms. The summed E-state index contributed by atoms with van der Waals surface area (Å²) >= 11 is 0. The zero-order chi connectivity index (χ0) is 14.4. The van der Waals surface area contributed by atoms with Gasteiger partial charge >= 0.3 is 0 Å². The van der Waals surface area contributed by atoms with E-state index < -0.39 is 0 Å². The van der Waals surface area contributed by atoms with Crippen molar-refractivity contribution in [2.45, 2.75) is 19.9 Å². The summed E-state index contributed by atoms with van der Waals surface area (Å²) in [5, 5.41) is 6.13. The molecule has 1 aliphatic rings. The van der Waals surface area contributed by atoms with Crippen molar-refractivity contribution in [2.24, 2.45) is 5.92 Å². The highest BCUT2D eigenvalue weighted by Crippen LogP contribution is 2.17. The maximum atomic E-state index is 12.2. The minimum atomic E-state index is -0.165. The summed E-state index contributed by atoms with van der Waals surface area (Å²) in [5.41, 5.74) is 0.667. The van der Waals surface area contributed by atoms with Gasteiger partial charge in [0.15, 0.2) is 0 Å². The molecule has 110 valence electrons. The molecular weight excluding hydrogens is 258 g/mol. The second kappa shape index (κ2) is 7.21. The number of hydrogen-bond donors (Lipinski definition) is 2. The van der Waals surface area contributed by atoms with E-state index in [4.69, 9.17) is 9.47 Å². The second-order valence-corrected chi connectivity index (χ2v) is 4.62. The number of likely N-dealkylation sites (N-methyl/N-ethyl adjacent to an activating group) is 1. The van der Waals surface area contributed by atoms with E-state index in [1.807, 2.05) is 13.8 Å². The van der Waals surface area contributed by atoms with Crippen molar-refractivity contribution in [1.82, 2.24) is 10.3 Å². The molecule has 20 heavy (non-hydrogen) atoms. The standard InChI is InChI=1S/C14H21N3O3/c1-3-15-12-9-19-8-11(12)14(18)17-10-5-6-13(16-7-10)20-4-2/h5-7,11-12,15H,3-4,8-9H2,1-2H3,(H,17,18). The Labute approximate surface area is 118 Å². The van der Waals surface area contributed by atoms with Crippen molar-refractivity contribution >= 4 is 11.6 Å². The maximum Gasteiger partial charge on any atom is 0.231 e. The minimum Gasteiger partial charge on any atom is -0.478 e. The van der Waals surface area contributed by atoms with Crippen molar-refractivity contribution in [3.05, 3.63) is 18.3 Å². The molecule has 2 rings (SSSR count). The van der Waals surface area contributed by atoms with Gasteiger partial charge < -0.3 is 20.1 Å². The lowest BCUT2D eigenvalue weighted by Crippen LogP contribution is -2.41. The molecule has 1 aromatic rings. The molecule has 2 N–H and O–H groups in total. The highest BCUT2D eigenvalue weighted by molar-refractivity contribution is 5.93. The van der Waals surface area contributed by atoms with Crippen LogP contribution in [0.25, 0.3) is 0 Å². The number of aromatic nitrogens is 1. The first-order chi connectivity index (χ1) is 9.74. The first-order valence-electron chi connectivity index (χ1n) is 6.95. The Balaban J connectivity index is 1.93. The number of rotatable bonds is 6. The van der Waals surface area contributed by atoms with E-state index in [-0.39, 0.29) is 17.9 Å². The van der Waals surface area contributed by atoms with Gasteiger partial charge in [0.1, 0.15) is 0 Å². The van der Waals surface area contributed by atoms with Crippen molar-refractivity contribution in [1.29, 1.82) is 0 Å². The molecule has 1 amide bonds. The Kier molecular flexibility index (Phi) is 5.31. The summed E-state index contributed by atoms with van der Waals surface area (Å²) in [5.74, 6) is 0.348. The quantitative estimate of drug-likeness (QED) is 0.814. The average Bonchev–Trinajstić information content (AvgIpc) is 2.90. The van der Waals surface area contributed by atoms with Gasteiger partial charge in [0, 0.05) is 12.1 Å². The fourth-order valence-electron chi connectivity index (χ4n) is 2.20. The van der Waals surface area contributed by atoms with Gasteiger partial charge in [-0.05, 0) is 19.5 Å². The molecule has 6 heteroatoms. The van der Waals surface area contributed by atoms with E-state index in [1.54, 1.807) is 18.3 Å². The first kappa shape index (κ1) is 14.7. The van der Waals surface area contributed by atoms with Crippen LogP contribution in [-0.2, 0) is 9.53 Å². The number of nitrogens with zero attached hydrogens (tertiary/aromatic N) is 1. The highest BCUT2D eigenvalue weighted by atomic mass is 16.5. The number of nitrogens with one attached hydrogen (secondary N) is 2. The van der Waals surface area contributed by atoms with E-state index >= 15 is 0 Å². The Morgan fingerprint density at radius 1 is 1.45 bits per heavy atom. The van der Waals surface area contributed by atoms with Crippen LogP contribution in [0.3, 0.4) is 0 Å². The highest BCUT2D eigenvalue weighted by Gasteiger charge is 2.33. The fourth-order valence-corrected chi connectivity index (χ4v) is 2.20. The lowest BCUT2D eigenvalue weighted by molar-refractivity contribution is -0.120. The summed E-state index contributed by atoms with van der Waals surface area (Å²) in [6.45, 7) is 6.34. The van der Waals surface area contributed by atoms with Crippen LogP contribution in [0.5, 0.6) is 5.88 Å². The van der Waals surface area contributed by atoms with Gasteiger partial charge in [-0.3, -0.25) is 4.79 Å². The molecule has 2 heterocycles. The second-order valence-electron chi connectivity index (χ2n) is 4.62. The molecule has 0 radical (unpaired) electrons. The zero-order valence-electron chi connectivity index (χ0n) is 11.9. The number of ether oxygens (including phenoxy) is 2. The first-order valence-corrected chi connectivity index (χ1v) is 6.95. The van der Waals surface area contributed by atoms with Crippen molar-refractivity contribution in [2.75, 3.05) is 31.7 Å². The van der Waals surface area contributed by atoms with Gasteiger partial charge in [0.05, 0.1) is 37.6 Å². The Bertz CT molecular complexity index is 436. The lowest BCUT2D eigenvalue weighted by atomic mass is 10.0. The van der Waals surface area contributed by atoms with E-state index in [1.165, 1.54) is 0 Å². The molecule has 1 aromatic heterocycles. The number of hydrogen-bond acceptors (Lipinski definition) is 5. The molecule has 2 atom stereocenters. The number of carbonyl (C=O) groups excluding carboxylic acids is 1. The molecule has 2 unspecified atom stereocenters. The number of amides is 1. The molecule has 6 nitrogen and oxygen atoms in total. The predicted molar refractivity (Wildman–Crippen MR) is 75.8 cm³/mol. The number of pyridine rings is 1. The van der Waals surface area contributed by atoms with Gasteiger partial charge in [0.25, 0.3) is 0 Å². The monoisotopic (exact) mass is 279 g/mol. The Morgan fingerprint density at radius 2 is 2.30 bits per heavy atom. The summed E-state index contributed by atoms with van der Waals surface area (Å²) < 4.78 is 10.6. The lowest BCUT2D eigenvalue weighted by Gasteiger charge is -2.17. The zero-order valence-corrected chi connectivity index (χ0v) is 11.9. The normalized spacial score (nSPS) is 21.7. The maximum absolute atomic E-state index is 12.2. The largest absolute Gasteiger partial charge is 0.478 e. The van der Waals surface area contributed by atoms with E-state index in [0.717, 1.165) is 6.54 Å². The van der Waals surface area contributed by atoms with Crippen LogP contribution in [0.15, 0.2) is 18.3 Å². The van der Waals surface area contributed by atoms with Crippen molar-refractivity contribution in [3.8, 4) is 5.88 Å². The predicted octanol–water partition coefficient (Wildman–Crippen LogP) is 1.04. The fraction of sp³-hybridized carbons (Fsp3) is 0.571. The van der Waals surface area contributed by atoms with Crippen molar-refractivity contribution < 1.29 is 14.3 Å². The summed E-state index contributed by atoms with van der Waals surface area (Å²) in [6, 6.07) is 3.61. The average molecular weight is 279 g/mol. The Hall–Kier alpha value is -1.66. The van der Waals surface area contributed by atoms with Gasteiger partial charge in [0.2, 0.25) is 11.8 Å². The van der Waals surface area contributed by atoms with Crippen LogP contribution < -0.4 is 15.4 Å². The Morgan fingerprint density at radius 3 is 2.95 bits per heavy atom. The molecule has 1 fully saturated rings. The summed E-state index contributed by atoms with van der Waals surface area (Å²) in [6.07, 6.45) is 1.60. The van der Waals surface area contributed by atoms with Gasteiger partial charge in [-0.1, -0.05) is 6.92 Å².